The first-order chi connectivity index (χ1) is 7.89. The molecule has 0 aliphatic heterocycles. The van der Waals surface area contributed by atoms with Crippen LogP contribution in [0.3, 0.4) is 0 Å². The minimum Gasteiger partial charge on any atom is -0.0913 e. The first kappa shape index (κ1) is 15.5. The van der Waals surface area contributed by atoms with Crippen molar-refractivity contribution in [1.82, 2.24) is 0 Å². The van der Waals surface area contributed by atoms with E-state index in [1.165, 1.54) is 0 Å². The van der Waals surface area contributed by atoms with Gasteiger partial charge in [-0.1, -0.05) is 74.6 Å². The topological polar surface area (TPSA) is 0 Å². The molecule has 0 spiro atoms. The molecule has 90 valence electrons. The Labute approximate surface area is 116 Å². The van der Waals surface area contributed by atoms with E-state index in [-0.39, 0.29) is 10.8 Å². The van der Waals surface area contributed by atoms with Crippen LogP contribution in [0.15, 0.2) is 0 Å². The highest BCUT2D eigenvalue weighted by Gasteiger charge is 2.27. The maximum Gasteiger partial charge on any atom is 0.114 e. The van der Waals surface area contributed by atoms with Gasteiger partial charge in [-0.3, -0.25) is 0 Å². The zero-order valence-electron chi connectivity index (χ0n) is 12.7. The van der Waals surface area contributed by atoms with Gasteiger partial charge in [0.15, 0.2) is 0 Å². The molecule has 0 unspecified atom stereocenters. The molecular weight excluding hydrogens is 213 g/mol. The Balaban J connectivity index is 3.83. The van der Waals surface area contributed by atoms with Crippen LogP contribution in [-0.2, 0) is 10.8 Å². The second-order valence-corrected chi connectivity index (χ2v) is 7.12. The van der Waals surface area contributed by atoms with Gasteiger partial charge in [-0.2, -0.15) is 0 Å². The molecule has 0 atom stereocenters. The highest BCUT2D eigenvalue weighted by molar-refractivity contribution is 6.47. The summed E-state index contributed by atoms with van der Waals surface area (Å²) < 4.78 is 0. The summed E-state index contributed by atoms with van der Waals surface area (Å²) in [5.74, 6) is 0. The van der Waals surface area contributed by atoms with Crippen LogP contribution in [0.4, 0.5) is 0 Å². The van der Waals surface area contributed by atoms with Crippen LogP contribution in [0.25, 0.3) is 0 Å². The molecule has 0 amide bonds. The third-order valence-corrected chi connectivity index (χ3v) is 3.39. The van der Waals surface area contributed by atoms with Crippen molar-refractivity contribution < 1.29 is 0 Å². The fourth-order valence-electron chi connectivity index (χ4n) is 2.55. The lowest BCUT2D eigenvalue weighted by atomic mass is 9.60. The van der Waals surface area contributed by atoms with Gasteiger partial charge < -0.3 is 0 Å². The van der Waals surface area contributed by atoms with E-state index >= 15 is 0 Å². The fraction of sp³-hybridized carbons (Fsp3) is 0.600. The summed E-state index contributed by atoms with van der Waals surface area (Å²) in [6.45, 7) is 14.7. The molecule has 0 aliphatic rings. The maximum atomic E-state index is 6.37. The third-order valence-electron chi connectivity index (χ3n) is 3.39. The molecule has 0 heterocycles. The normalized spacial score (nSPS) is 12.8. The molecular formula is C15H21B3. The van der Waals surface area contributed by atoms with Gasteiger partial charge in [-0.15, -0.1) is 0 Å². The molecule has 1 rings (SSSR count). The van der Waals surface area contributed by atoms with Crippen molar-refractivity contribution >= 4 is 39.9 Å². The zero-order chi connectivity index (χ0) is 14.5. The first-order valence-electron chi connectivity index (χ1n) is 6.37. The highest BCUT2D eigenvalue weighted by atomic mass is 14.3. The quantitative estimate of drug-likeness (QED) is 0.586. The molecule has 0 N–H and O–H groups in total. The lowest BCUT2D eigenvalue weighted by Gasteiger charge is -2.34. The number of benzene rings is 1. The van der Waals surface area contributed by atoms with Gasteiger partial charge in [0.05, 0.1) is 0 Å². The molecule has 1 aromatic rings. The van der Waals surface area contributed by atoms with Gasteiger partial charge in [-0.05, 0) is 17.8 Å². The largest absolute Gasteiger partial charge is 0.114 e. The van der Waals surface area contributed by atoms with E-state index in [1.54, 1.807) is 0 Å². The lowest BCUT2D eigenvalue weighted by Crippen LogP contribution is -2.45. The van der Waals surface area contributed by atoms with Crippen molar-refractivity contribution in [2.45, 2.75) is 59.3 Å². The van der Waals surface area contributed by atoms with Crippen LogP contribution in [0.2, 0.25) is 0 Å². The average Bonchev–Trinajstić information content (AvgIpc) is 2.09. The Morgan fingerprint density at radius 1 is 0.611 bits per heavy atom. The SMILES string of the molecule is [B]c1c(C)c([B])c(C(C)(C)C)c([B])c1C(C)(C)C. The molecule has 0 aliphatic carbocycles. The second kappa shape index (κ2) is 4.51. The van der Waals surface area contributed by atoms with Crippen LogP contribution >= 0.6 is 0 Å². The molecule has 0 saturated heterocycles. The van der Waals surface area contributed by atoms with Crippen LogP contribution in [0.5, 0.6) is 0 Å². The number of rotatable bonds is 0. The molecule has 0 fully saturated rings. The average molecular weight is 234 g/mol. The monoisotopic (exact) mass is 234 g/mol. The summed E-state index contributed by atoms with van der Waals surface area (Å²) in [5.41, 5.74) is 4.99. The van der Waals surface area contributed by atoms with Crippen LogP contribution < -0.4 is 16.4 Å². The molecule has 18 heavy (non-hydrogen) atoms. The van der Waals surface area contributed by atoms with E-state index in [1.807, 2.05) is 6.92 Å². The summed E-state index contributed by atoms with van der Waals surface area (Å²) >= 11 is 0. The third kappa shape index (κ3) is 2.55. The maximum absolute atomic E-state index is 6.37. The van der Waals surface area contributed by atoms with Crippen molar-refractivity contribution in [3.63, 3.8) is 0 Å². The van der Waals surface area contributed by atoms with Crippen molar-refractivity contribution in [2.75, 3.05) is 0 Å². The summed E-state index contributed by atoms with van der Waals surface area (Å²) in [7, 11) is 18.8. The molecule has 0 bridgehead atoms. The van der Waals surface area contributed by atoms with Gasteiger partial charge in [0.2, 0.25) is 0 Å². The molecule has 0 saturated carbocycles. The first-order valence-corrected chi connectivity index (χ1v) is 6.37. The molecule has 1 aromatic carbocycles. The second-order valence-electron chi connectivity index (χ2n) is 7.12. The minimum atomic E-state index is -0.0906. The van der Waals surface area contributed by atoms with E-state index in [0.29, 0.717) is 0 Å². The molecule has 0 nitrogen and oxygen atoms in total. The Bertz CT molecular complexity index is 433. The molecule has 3 heteroatoms. The van der Waals surface area contributed by atoms with Gasteiger partial charge in [-0.25, -0.2) is 0 Å². The van der Waals surface area contributed by atoms with Gasteiger partial charge >= 0.3 is 0 Å². The van der Waals surface area contributed by atoms with Crippen molar-refractivity contribution in [2.24, 2.45) is 0 Å². The van der Waals surface area contributed by atoms with Crippen LogP contribution in [0, 0.1) is 6.92 Å². The van der Waals surface area contributed by atoms with Crippen molar-refractivity contribution in [3.8, 4) is 0 Å². The summed E-state index contributed by atoms with van der Waals surface area (Å²) in [5, 5.41) is 0. The van der Waals surface area contributed by atoms with E-state index in [4.69, 9.17) is 23.5 Å². The van der Waals surface area contributed by atoms with E-state index < -0.39 is 0 Å². The predicted octanol–water partition coefficient (Wildman–Crippen LogP) is 0.971. The van der Waals surface area contributed by atoms with Crippen LogP contribution in [-0.4, -0.2) is 23.5 Å². The van der Waals surface area contributed by atoms with Gasteiger partial charge in [0.1, 0.15) is 23.5 Å². The number of hydrogen-bond acceptors (Lipinski definition) is 0. The summed E-state index contributed by atoms with van der Waals surface area (Å²) in [6.07, 6.45) is 0. The van der Waals surface area contributed by atoms with Crippen molar-refractivity contribution in [1.29, 1.82) is 0 Å². The van der Waals surface area contributed by atoms with Gasteiger partial charge in [0, 0.05) is 0 Å². The molecule has 0 aromatic heterocycles. The summed E-state index contributed by atoms with van der Waals surface area (Å²) in [6, 6.07) is 0. The smallest absolute Gasteiger partial charge is 0.0913 e. The predicted molar refractivity (Wildman–Crippen MR) is 84.7 cm³/mol. The Hall–Kier alpha value is -0.585. The molecule has 6 radical (unpaired) electrons. The van der Waals surface area contributed by atoms with E-state index in [2.05, 4.69) is 41.5 Å². The Kier molecular flexibility index (Phi) is 3.87. The standard InChI is InChI=1S/C15H21B3/c1-8-11(16)9(14(2,3)4)13(18)10(12(8)17)15(5,6)7/h1-7H3. The Morgan fingerprint density at radius 2 is 0.889 bits per heavy atom. The lowest BCUT2D eigenvalue weighted by molar-refractivity contribution is 0.580. The van der Waals surface area contributed by atoms with E-state index in [0.717, 1.165) is 33.1 Å². The number of hydrogen-bond donors (Lipinski definition) is 0. The minimum absolute atomic E-state index is 0.0906. The van der Waals surface area contributed by atoms with E-state index in [9.17, 15) is 0 Å². The fourth-order valence-corrected chi connectivity index (χ4v) is 2.55. The van der Waals surface area contributed by atoms with Gasteiger partial charge in [0.25, 0.3) is 0 Å². The Morgan fingerprint density at radius 3 is 1.11 bits per heavy atom. The zero-order valence-corrected chi connectivity index (χ0v) is 12.7. The summed E-state index contributed by atoms with van der Waals surface area (Å²) in [4.78, 5) is 0. The van der Waals surface area contributed by atoms with Crippen molar-refractivity contribution in [3.05, 3.63) is 16.7 Å². The highest BCUT2D eigenvalue weighted by Crippen LogP contribution is 2.24. The van der Waals surface area contributed by atoms with Crippen LogP contribution in [0.1, 0.15) is 58.2 Å².